The summed E-state index contributed by atoms with van der Waals surface area (Å²) < 4.78 is 15.9. The fraction of sp³-hybridized carbons (Fsp3) is 0.759. The molecule has 1 aromatic rings. The molecule has 10 heteroatoms. The van der Waals surface area contributed by atoms with Crippen molar-refractivity contribution in [3.05, 3.63) is 39.8 Å². The molecule has 1 amide bonds. The molecule has 3 N–H and O–H groups in total. The van der Waals surface area contributed by atoms with E-state index in [2.05, 4.69) is 22.3 Å². The Morgan fingerprint density at radius 3 is 2.41 bits per heavy atom. The molecule has 0 aliphatic heterocycles. The number of aliphatic hydroxyl groups is 2. The highest BCUT2D eigenvalue weighted by Gasteiger charge is 2.33. The maximum absolute atomic E-state index is 12.8. The van der Waals surface area contributed by atoms with Crippen molar-refractivity contribution in [1.29, 1.82) is 0 Å². The minimum atomic E-state index is -1.02. The van der Waals surface area contributed by atoms with Gasteiger partial charge in [0.2, 0.25) is 5.91 Å². The molecule has 5 atom stereocenters. The highest BCUT2D eigenvalue weighted by atomic mass is 16.7. The predicted molar refractivity (Wildman–Crippen MR) is 152 cm³/mol. The Labute approximate surface area is 234 Å². The predicted octanol–water partition coefficient (Wildman–Crippen LogP) is 5.17. The number of rotatable bonds is 20. The Bertz CT molecular complexity index is 891. The van der Waals surface area contributed by atoms with Crippen LogP contribution in [0.2, 0.25) is 0 Å². The van der Waals surface area contributed by atoms with E-state index >= 15 is 0 Å². The van der Waals surface area contributed by atoms with Crippen LogP contribution in [-0.2, 0) is 20.7 Å². The molecule has 10 nitrogen and oxygen atoms in total. The number of nitrogens with one attached hydrogen (secondary N) is 1. The van der Waals surface area contributed by atoms with E-state index in [0.29, 0.717) is 30.9 Å². The van der Waals surface area contributed by atoms with E-state index < -0.39 is 24.2 Å². The van der Waals surface area contributed by atoms with Gasteiger partial charge >= 0.3 is 0 Å². The molecule has 39 heavy (non-hydrogen) atoms. The largest absolute Gasteiger partial charge is 0.496 e. The van der Waals surface area contributed by atoms with Crippen molar-refractivity contribution < 1.29 is 29.2 Å². The van der Waals surface area contributed by atoms with Crippen molar-refractivity contribution in [1.82, 2.24) is 5.32 Å². The van der Waals surface area contributed by atoms with Gasteiger partial charge < -0.3 is 29.7 Å². The molecule has 0 aliphatic carbocycles. The van der Waals surface area contributed by atoms with Crippen molar-refractivity contribution in [2.24, 2.45) is 28.8 Å². The normalized spacial score (nSPS) is 15.4. The van der Waals surface area contributed by atoms with Crippen molar-refractivity contribution in [2.45, 2.75) is 85.0 Å². The van der Waals surface area contributed by atoms with E-state index in [9.17, 15) is 20.5 Å². The van der Waals surface area contributed by atoms with Gasteiger partial charge in [0.25, 0.3) is 0 Å². The third-order valence-corrected chi connectivity index (χ3v) is 7.25. The fourth-order valence-electron chi connectivity index (χ4n) is 4.76. The molecule has 0 heterocycles. The van der Waals surface area contributed by atoms with Gasteiger partial charge in [0.05, 0.1) is 32.0 Å². The molecule has 0 spiro atoms. The Morgan fingerprint density at radius 1 is 1.13 bits per heavy atom. The second-order valence-corrected chi connectivity index (χ2v) is 10.8. The first-order valence-electron chi connectivity index (χ1n) is 14.0. The lowest BCUT2D eigenvalue weighted by Crippen LogP contribution is -2.39. The monoisotopic (exact) mass is 550 g/mol. The molecule has 1 aromatic carbocycles. The van der Waals surface area contributed by atoms with Gasteiger partial charge in [-0.1, -0.05) is 52.2 Å². The van der Waals surface area contributed by atoms with E-state index in [4.69, 9.17) is 14.2 Å². The number of hydrogen-bond donors (Lipinski definition) is 3. The van der Waals surface area contributed by atoms with Gasteiger partial charge in [-0.25, -0.2) is 0 Å². The summed E-state index contributed by atoms with van der Waals surface area (Å²) in [6.07, 6.45) is 1.00. The van der Waals surface area contributed by atoms with Gasteiger partial charge in [0.15, 0.2) is 0 Å². The van der Waals surface area contributed by atoms with Crippen molar-refractivity contribution >= 4 is 5.91 Å². The average molecular weight is 551 g/mol. The van der Waals surface area contributed by atoms with Crippen LogP contribution in [0, 0.1) is 23.7 Å². The molecule has 0 fully saturated rings. The first kappa shape index (κ1) is 34.7. The standard InChI is InChI=1S/C29H50N4O6/c1-8-9-13-31-29(36)24(20(4)5)17-26(34)25(32-33-30)16-23(19(2)3)28(35)22-10-11-27(38-7)21(15-22)12-14-39-18-37-6/h10-11,15,19-20,23-26,28,34-35H,8-9,12-14,16-18H2,1-7H3,(H,31,36)/t23-,24-,25-,26-,28+/m0/s1. The molecule has 0 unspecified atom stereocenters. The Kier molecular flexibility index (Phi) is 16.7. The number of ether oxygens (including phenoxy) is 3. The van der Waals surface area contributed by atoms with Gasteiger partial charge in [-0.05, 0) is 72.2 Å². The third-order valence-electron chi connectivity index (χ3n) is 7.25. The first-order chi connectivity index (χ1) is 18.6. The van der Waals surface area contributed by atoms with E-state index in [1.807, 2.05) is 45.9 Å². The van der Waals surface area contributed by atoms with E-state index in [-0.39, 0.29) is 43.3 Å². The average Bonchev–Trinajstić information content (AvgIpc) is 2.91. The number of azide groups is 1. The van der Waals surface area contributed by atoms with Crippen LogP contribution in [0.5, 0.6) is 5.75 Å². The maximum atomic E-state index is 12.8. The number of amides is 1. The molecule has 222 valence electrons. The van der Waals surface area contributed by atoms with Crippen molar-refractivity contribution in [3.8, 4) is 5.75 Å². The number of aliphatic hydroxyl groups excluding tert-OH is 2. The van der Waals surface area contributed by atoms with Crippen LogP contribution in [0.15, 0.2) is 23.3 Å². The Hall–Kier alpha value is -2.36. The van der Waals surface area contributed by atoms with Gasteiger partial charge in [-0.15, -0.1) is 0 Å². The fourth-order valence-corrected chi connectivity index (χ4v) is 4.76. The number of carbonyl (C=O) groups excluding carboxylic acids is 1. The molecular formula is C29H50N4O6. The topological polar surface area (TPSA) is 146 Å². The summed E-state index contributed by atoms with van der Waals surface area (Å²) in [4.78, 5) is 15.8. The van der Waals surface area contributed by atoms with Gasteiger partial charge in [0.1, 0.15) is 12.5 Å². The number of hydrogen-bond acceptors (Lipinski definition) is 7. The zero-order chi connectivity index (χ0) is 29.4. The van der Waals surface area contributed by atoms with E-state index in [0.717, 1.165) is 18.4 Å². The van der Waals surface area contributed by atoms with Crippen molar-refractivity contribution in [3.63, 3.8) is 0 Å². The summed E-state index contributed by atoms with van der Waals surface area (Å²) >= 11 is 0. The lowest BCUT2D eigenvalue weighted by atomic mass is 9.79. The number of unbranched alkanes of at least 4 members (excludes halogenated alkanes) is 1. The number of carbonyl (C=O) groups is 1. The van der Waals surface area contributed by atoms with Crippen LogP contribution in [0.1, 0.15) is 77.5 Å². The zero-order valence-electron chi connectivity index (χ0n) is 24.8. The van der Waals surface area contributed by atoms with Gasteiger partial charge in [-0.3, -0.25) is 4.79 Å². The number of nitrogens with zero attached hydrogens (tertiary/aromatic N) is 3. The van der Waals surface area contributed by atoms with Gasteiger partial charge in [-0.2, -0.15) is 0 Å². The second-order valence-electron chi connectivity index (χ2n) is 10.8. The summed E-state index contributed by atoms with van der Waals surface area (Å²) in [5.41, 5.74) is 10.9. The molecule has 0 saturated carbocycles. The van der Waals surface area contributed by atoms with Crippen LogP contribution in [0.4, 0.5) is 0 Å². The summed E-state index contributed by atoms with van der Waals surface area (Å²) in [5.74, 6) is -0.0927. The maximum Gasteiger partial charge on any atom is 0.223 e. The quantitative estimate of drug-likeness (QED) is 0.0671. The van der Waals surface area contributed by atoms with Crippen LogP contribution in [0.25, 0.3) is 10.4 Å². The van der Waals surface area contributed by atoms with Crippen LogP contribution in [-0.4, -0.2) is 62.4 Å². The molecule has 0 bridgehead atoms. The first-order valence-corrected chi connectivity index (χ1v) is 14.0. The van der Waals surface area contributed by atoms with Crippen molar-refractivity contribution in [2.75, 3.05) is 34.2 Å². The van der Waals surface area contributed by atoms with Crippen LogP contribution >= 0.6 is 0 Å². The molecule has 0 saturated heterocycles. The second kappa shape index (κ2) is 18.8. The van der Waals surface area contributed by atoms with Crippen LogP contribution < -0.4 is 10.1 Å². The number of benzene rings is 1. The summed E-state index contributed by atoms with van der Waals surface area (Å²) in [7, 11) is 3.16. The number of methoxy groups -OCH3 is 2. The Morgan fingerprint density at radius 2 is 1.85 bits per heavy atom. The summed E-state index contributed by atoms with van der Waals surface area (Å²) in [6, 6.07) is 4.77. The SMILES string of the molecule is CCCCNC(=O)[C@@H](C[C@H](O)[C@H](C[C@@H](C(C)C)[C@H](O)c1ccc(OC)c(CCOCOC)c1)N=[N+]=[N-])C(C)C. The lowest BCUT2D eigenvalue weighted by Gasteiger charge is -2.32. The summed E-state index contributed by atoms with van der Waals surface area (Å²) in [5, 5.41) is 29.5. The molecular weight excluding hydrogens is 500 g/mol. The highest BCUT2D eigenvalue weighted by molar-refractivity contribution is 5.78. The van der Waals surface area contributed by atoms with E-state index in [1.54, 1.807) is 14.2 Å². The molecule has 0 aromatic heterocycles. The summed E-state index contributed by atoms with van der Waals surface area (Å²) in [6.45, 7) is 11.2. The van der Waals surface area contributed by atoms with E-state index in [1.165, 1.54) is 0 Å². The van der Waals surface area contributed by atoms with Crippen LogP contribution in [0.3, 0.4) is 0 Å². The molecule has 1 rings (SSSR count). The van der Waals surface area contributed by atoms with Gasteiger partial charge in [0, 0.05) is 24.5 Å². The zero-order valence-corrected chi connectivity index (χ0v) is 24.8. The highest BCUT2D eigenvalue weighted by Crippen LogP contribution is 2.36. The minimum Gasteiger partial charge on any atom is -0.496 e. The Balaban J connectivity index is 3.11. The molecule has 0 radical (unpaired) electrons. The molecule has 0 aliphatic rings. The third kappa shape index (κ3) is 11.7. The lowest BCUT2D eigenvalue weighted by molar-refractivity contribution is -0.127. The smallest absolute Gasteiger partial charge is 0.223 e. The minimum absolute atomic E-state index is 0.00469.